The summed E-state index contributed by atoms with van der Waals surface area (Å²) in [5, 5.41) is 0.0593. The predicted octanol–water partition coefficient (Wildman–Crippen LogP) is 3.21. The smallest absolute Gasteiger partial charge is 0.235 e. The van der Waals surface area contributed by atoms with Crippen LogP contribution in [0.25, 0.3) is 0 Å². The molecule has 1 fully saturated rings. The van der Waals surface area contributed by atoms with Gasteiger partial charge in [-0.25, -0.2) is 0 Å². The van der Waals surface area contributed by atoms with E-state index in [-0.39, 0.29) is 17.3 Å². The summed E-state index contributed by atoms with van der Waals surface area (Å²) in [5.41, 5.74) is 0. The van der Waals surface area contributed by atoms with Gasteiger partial charge in [-0.15, -0.1) is 11.8 Å². The minimum Gasteiger partial charge on any atom is -0.497 e. The average molecular weight is 323 g/mol. The lowest BCUT2D eigenvalue weighted by molar-refractivity contribution is -0.132. The molecule has 0 saturated carbocycles. The van der Waals surface area contributed by atoms with Crippen LogP contribution in [0.4, 0.5) is 0 Å². The highest BCUT2D eigenvalue weighted by atomic mass is 32.2. The van der Waals surface area contributed by atoms with Gasteiger partial charge in [-0.2, -0.15) is 0 Å². The van der Waals surface area contributed by atoms with Crippen LogP contribution in [0, 0.1) is 0 Å². The number of carbonyl (C=O) groups excluding carboxylic acids is 1. The van der Waals surface area contributed by atoms with E-state index in [2.05, 4.69) is 6.92 Å². The van der Waals surface area contributed by atoms with E-state index in [1.165, 1.54) is 0 Å². The predicted molar refractivity (Wildman–Crippen MR) is 90.8 cm³/mol. The molecule has 1 aliphatic heterocycles. The summed E-state index contributed by atoms with van der Waals surface area (Å²) in [5.74, 6) is 2.93. The van der Waals surface area contributed by atoms with Crippen LogP contribution in [-0.4, -0.2) is 48.1 Å². The van der Waals surface area contributed by atoms with E-state index in [0.29, 0.717) is 0 Å². The SMILES string of the molecule is CCSC(C)C(=O)N1CCC(Oc2ccc(OC)cc2)CC1. The number of carbonyl (C=O) groups is 1. The van der Waals surface area contributed by atoms with Crippen molar-refractivity contribution in [3.8, 4) is 11.5 Å². The second kappa shape index (κ2) is 8.32. The van der Waals surface area contributed by atoms with Crippen molar-refractivity contribution in [3.05, 3.63) is 24.3 Å². The van der Waals surface area contributed by atoms with E-state index in [9.17, 15) is 4.79 Å². The molecule has 22 heavy (non-hydrogen) atoms. The van der Waals surface area contributed by atoms with Gasteiger partial charge in [0.05, 0.1) is 12.4 Å². The van der Waals surface area contributed by atoms with Gasteiger partial charge >= 0.3 is 0 Å². The average Bonchev–Trinajstić information content (AvgIpc) is 2.56. The number of benzene rings is 1. The number of likely N-dealkylation sites (tertiary alicyclic amines) is 1. The molecule has 0 radical (unpaired) electrons. The maximum atomic E-state index is 12.3. The van der Waals surface area contributed by atoms with Gasteiger partial charge in [-0.3, -0.25) is 4.79 Å². The van der Waals surface area contributed by atoms with Gasteiger partial charge in [-0.1, -0.05) is 6.92 Å². The summed E-state index contributed by atoms with van der Waals surface area (Å²) < 4.78 is 11.1. The first-order valence-electron chi connectivity index (χ1n) is 7.85. The van der Waals surface area contributed by atoms with Crippen LogP contribution >= 0.6 is 11.8 Å². The number of hydrogen-bond acceptors (Lipinski definition) is 4. The van der Waals surface area contributed by atoms with Crippen molar-refractivity contribution in [3.63, 3.8) is 0 Å². The first-order valence-corrected chi connectivity index (χ1v) is 8.90. The molecular formula is C17H25NO3S. The number of thioether (sulfide) groups is 1. The van der Waals surface area contributed by atoms with E-state index >= 15 is 0 Å². The molecule has 1 aromatic carbocycles. The molecule has 1 aromatic rings. The van der Waals surface area contributed by atoms with Crippen molar-refractivity contribution in [2.24, 2.45) is 0 Å². The Bertz CT molecular complexity index is 469. The highest BCUT2D eigenvalue weighted by Crippen LogP contribution is 2.23. The van der Waals surface area contributed by atoms with Crippen LogP contribution in [-0.2, 0) is 4.79 Å². The summed E-state index contributed by atoms with van der Waals surface area (Å²) in [7, 11) is 1.65. The molecule has 1 aliphatic rings. The summed E-state index contributed by atoms with van der Waals surface area (Å²) >= 11 is 1.71. The van der Waals surface area contributed by atoms with Crippen LogP contribution < -0.4 is 9.47 Å². The molecule has 1 unspecified atom stereocenters. The number of methoxy groups -OCH3 is 1. The zero-order valence-electron chi connectivity index (χ0n) is 13.6. The van der Waals surface area contributed by atoms with E-state index in [1.54, 1.807) is 18.9 Å². The fourth-order valence-electron chi connectivity index (χ4n) is 2.62. The molecule has 0 aromatic heterocycles. The molecule has 0 bridgehead atoms. The highest BCUT2D eigenvalue weighted by Gasteiger charge is 2.26. The fraction of sp³-hybridized carbons (Fsp3) is 0.588. The van der Waals surface area contributed by atoms with Gasteiger partial charge in [0.1, 0.15) is 17.6 Å². The van der Waals surface area contributed by atoms with Crippen LogP contribution in [0.15, 0.2) is 24.3 Å². The van der Waals surface area contributed by atoms with Gasteiger partial charge in [0, 0.05) is 25.9 Å². The van der Waals surface area contributed by atoms with Gasteiger partial charge in [0.25, 0.3) is 0 Å². The Hall–Kier alpha value is -1.36. The van der Waals surface area contributed by atoms with Crippen LogP contribution in [0.1, 0.15) is 26.7 Å². The van der Waals surface area contributed by atoms with Crippen LogP contribution in [0.2, 0.25) is 0 Å². The Kier molecular flexibility index (Phi) is 6.43. The van der Waals surface area contributed by atoms with Crippen LogP contribution in [0.5, 0.6) is 11.5 Å². The van der Waals surface area contributed by atoms with Crippen molar-refractivity contribution < 1.29 is 14.3 Å². The molecule has 1 heterocycles. The normalized spacial score (nSPS) is 17.1. The van der Waals surface area contributed by atoms with Crippen molar-refractivity contribution in [2.45, 2.75) is 38.0 Å². The van der Waals surface area contributed by atoms with Crippen molar-refractivity contribution in [2.75, 3.05) is 26.0 Å². The molecule has 1 atom stereocenters. The quantitative estimate of drug-likeness (QED) is 0.806. The molecule has 122 valence electrons. The third-order valence-corrected chi connectivity index (χ3v) is 4.92. The monoisotopic (exact) mass is 323 g/mol. The van der Waals surface area contributed by atoms with E-state index < -0.39 is 0 Å². The molecule has 0 aliphatic carbocycles. The molecule has 4 nitrogen and oxygen atoms in total. The van der Waals surface area contributed by atoms with Gasteiger partial charge in [-0.05, 0) is 36.9 Å². The van der Waals surface area contributed by atoms with Gasteiger partial charge < -0.3 is 14.4 Å². The van der Waals surface area contributed by atoms with E-state index in [1.807, 2.05) is 36.1 Å². The Morgan fingerprint density at radius 2 is 1.86 bits per heavy atom. The van der Waals surface area contributed by atoms with Crippen molar-refractivity contribution >= 4 is 17.7 Å². The second-order valence-corrected chi connectivity index (χ2v) is 7.03. The summed E-state index contributed by atoms with van der Waals surface area (Å²) in [6, 6.07) is 7.65. The zero-order chi connectivity index (χ0) is 15.9. The topological polar surface area (TPSA) is 38.8 Å². The Morgan fingerprint density at radius 1 is 1.27 bits per heavy atom. The number of amides is 1. The third-order valence-electron chi connectivity index (χ3n) is 3.88. The molecule has 1 saturated heterocycles. The zero-order valence-corrected chi connectivity index (χ0v) is 14.4. The van der Waals surface area contributed by atoms with E-state index in [4.69, 9.17) is 9.47 Å². The van der Waals surface area contributed by atoms with Crippen molar-refractivity contribution in [1.29, 1.82) is 0 Å². The molecule has 0 N–H and O–H groups in total. The minimum absolute atomic E-state index is 0.0593. The molecule has 2 rings (SSSR count). The first-order chi connectivity index (χ1) is 10.6. The number of hydrogen-bond donors (Lipinski definition) is 0. The number of ether oxygens (including phenoxy) is 2. The molecule has 5 heteroatoms. The first kappa shape index (κ1) is 17.0. The van der Waals surface area contributed by atoms with E-state index in [0.717, 1.165) is 43.2 Å². The minimum atomic E-state index is 0.0593. The maximum absolute atomic E-state index is 12.3. The molecule has 1 amide bonds. The fourth-order valence-corrected chi connectivity index (χ4v) is 3.41. The summed E-state index contributed by atoms with van der Waals surface area (Å²) in [6.45, 7) is 5.66. The van der Waals surface area contributed by atoms with Gasteiger partial charge in [0.2, 0.25) is 5.91 Å². The lowest BCUT2D eigenvalue weighted by atomic mass is 10.1. The van der Waals surface area contributed by atoms with Gasteiger partial charge in [0.15, 0.2) is 0 Å². The number of nitrogens with zero attached hydrogens (tertiary/aromatic N) is 1. The Labute approximate surface area is 137 Å². The molecular weight excluding hydrogens is 298 g/mol. The van der Waals surface area contributed by atoms with Crippen molar-refractivity contribution in [1.82, 2.24) is 4.90 Å². The molecule has 0 spiro atoms. The Morgan fingerprint density at radius 3 is 2.41 bits per heavy atom. The van der Waals surface area contributed by atoms with Crippen LogP contribution in [0.3, 0.4) is 0 Å². The number of piperidine rings is 1. The largest absolute Gasteiger partial charge is 0.497 e. The third kappa shape index (κ3) is 4.57. The summed E-state index contributed by atoms with van der Waals surface area (Å²) in [4.78, 5) is 14.2. The second-order valence-electron chi connectivity index (χ2n) is 5.42. The maximum Gasteiger partial charge on any atom is 0.235 e. The standard InChI is InChI=1S/C17H25NO3S/c1-4-22-13(2)17(19)18-11-9-16(10-12-18)21-15-7-5-14(20-3)6-8-15/h5-8,13,16H,4,9-12H2,1-3H3. The lowest BCUT2D eigenvalue weighted by Crippen LogP contribution is -2.44. The summed E-state index contributed by atoms with van der Waals surface area (Å²) in [6.07, 6.45) is 1.97. The highest BCUT2D eigenvalue weighted by molar-refractivity contribution is 8.00. The lowest BCUT2D eigenvalue weighted by Gasteiger charge is -2.33. The number of rotatable bonds is 6. The Balaban J connectivity index is 1.80.